The second kappa shape index (κ2) is 6.23. The van der Waals surface area contributed by atoms with E-state index in [9.17, 15) is 9.59 Å². The van der Waals surface area contributed by atoms with Crippen molar-refractivity contribution < 1.29 is 9.59 Å². The second-order valence-electron chi connectivity index (χ2n) is 4.88. The van der Waals surface area contributed by atoms with E-state index in [1.807, 2.05) is 31.2 Å². The van der Waals surface area contributed by atoms with Gasteiger partial charge < -0.3 is 15.5 Å². The summed E-state index contributed by atoms with van der Waals surface area (Å²) >= 11 is 0. The third-order valence-electron chi connectivity index (χ3n) is 3.21. The maximum Gasteiger partial charge on any atom is 0.315 e. The van der Waals surface area contributed by atoms with Crippen LogP contribution in [0.5, 0.6) is 0 Å². The molecule has 1 aromatic carbocycles. The number of carbonyl (C=O) groups is 2. The second-order valence-corrected chi connectivity index (χ2v) is 4.88. The number of urea groups is 1. The van der Waals surface area contributed by atoms with Gasteiger partial charge in [0.05, 0.1) is 6.04 Å². The lowest BCUT2D eigenvalue weighted by molar-refractivity contribution is -0.117. The molecule has 1 aromatic rings. The van der Waals surface area contributed by atoms with Gasteiger partial charge in [0.2, 0.25) is 5.91 Å². The van der Waals surface area contributed by atoms with Crippen LogP contribution in [0.1, 0.15) is 12.0 Å². The van der Waals surface area contributed by atoms with Crippen LogP contribution in [0.3, 0.4) is 0 Å². The SMILES string of the molecule is C=CCNC(=O)N[C@H]1CC(=O)N(c2ccc(C)cc2)C1. The van der Waals surface area contributed by atoms with E-state index >= 15 is 0 Å². The van der Waals surface area contributed by atoms with Crippen molar-refractivity contribution in [1.82, 2.24) is 10.6 Å². The van der Waals surface area contributed by atoms with E-state index in [0.717, 1.165) is 11.3 Å². The summed E-state index contributed by atoms with van der Waals surface area (Å²) in [6.07, 6.45) is 1.94. The van der Waals surface area contributed by atoms with Crippen molar-refractivity contribution in [2.75, 3.05) is 18.0 Å². The van der Waals surface area contributed by atoms with Gasteiger partial charge in [-0.15, -0.1) is 6.58 Å². The van der Waals surface area contributed by atoms with E-state index < -0.39 is 0 Å². The summed E-state index contributed by atoms with van der Waals surface area (Å²) in [6.45, 7) is 6.45. The number of carbonyl (C=O) groups excluding carboxylic acids is 2. The highest BCUT2D eigenvalue weighted by Gasteiger charge is 2.31. The van der Waals surface area contributed by atoms with Crippen molar-refractivity contribution in [3.8, 4) is 0 Å². The number of hydrogen-bond acceptors (Lipinski definition) is 2. The first-order valence-corrected chi connectivity index (χ1v) is 6.62. The molecule has 1 aliphatic heterocycles. The van der Waals surface area contributed by atoms with Crippen molar-refractivity contribution in [3.63, 3.8) is 0 Å². The van der Waals surface area contributed by atoms with Gasteiger partial charge in [0.15, 0.2) is 0 Å². The number of anilines is 1. The van der Waals surface area contributed by atoms with Crippen molar-refractivity contribution in [1.29, 1.82) is 0 Å². The standard InChI is InChI=1S/C15H19N3O2/c1-3-8-16-15(20)17-12-9-14(19)18(10-12)13-6-4-11(2)5-7-13/h3-7,12H,1,8-10H2,2H3,(H2,16,17,20)/t12-/m0/s1. The highest BCUT2D eigenvalue weighted by Crippen LogP contribution is 2.21. The molecule has 0 radical (unpaired) electrons. The molecule has 3 amide bonds. The fourth-order valence-corrected chi connectivity index (χ4v) is 2.18. The van der Waals surface area contributed by atoms with E-state index in [1.54, 1.807) is 11.0 Å². The Kier molecular flexibility index (Phi) is 4.40. The van der Waals surface area contributed by atoms with E-state index in [2.05, 4.69) is 17.2 Å². The lowest BCUT2D eigenvalue weighted by Crippen LogP contribution is -2.43. The van der Waals surface area contributed by atoms with Crippen LogP contribution in [0.25, 0.3) is 0 Å². The molecule has 0 unspecified atom stereocenters. The molecule has 0 spiro atoms. The first-order valence-electron chi connectivity index (χ1n) is 6.62. The maximum absolute atomic E-state index is 12.0. The average molecular weight is 273 g/mol. The molecule has 106 valence electrons. The van der Waals surface area contributed by atoms with E-state index in [-0.39, 0.29) is 18.0 Å². The number of nitrogens with zero attached hydrogens (tertiary/aromatic N) is 1. The minimum absolute atomic E-state index is 0.0304. The van der Waals surface area contributed by atoms with Crippen LogP contribution in [0.4, 0.5) is 10.5 Å². The van der Waals surface area contributed by atoms with Crippen LogP contribution < -0.4 is 15.5 Å². The van der Waals surface area contributed by atoms with Crippen molar-refractivity contribution in [3.05, 3.63) is 42.5 Å². The van der Waals surface area contributed by atoms with Crippen molar-refractivity contribution >= 4 is 17.6 Å². The van der Waals surface area contributed by atoms with E-state index in [0.29, 0.717) is 19.5 Å². The minimum Gasteiger partial charge on any atom is -0.335 e. The Bertz CT molecular complexity index is 510. The number of hydrogen-bond donors (Lipinski definition) is 2. The summed E-state index contributed by atoms with van der Waals surface area (Å²) in [5, 5.41) is 5.43. The van der Waals surface area contributed by atoms with Gasteiger partial charge in [0.1, 0.15) is 0 Å². The van der Waals surface area contributed by atoms with Crippen LogP contribution in [0.2, 0.25) is 0 Å². The molecule has 2 N–H and O–H groups in total. The van der Waals surface area contributed by atoms with Crippen LogP contribution in [-0.4, -0.2) is 31.1 Å². The monoisotopic (exact) mass is 273 g/mol. The van der Waals surface area contributed by atoms with Crippen LogP contribution >= 0.6 is 0 Å². The molecular formula is C15H19N3O2. The first-order chi connectivity index (χ1) is 9.60. The quantitative estimate of drug-likeness (QED) is 0.818. The molecule has 1 aliphatic rings. The predicted octanol–water partition coefficient (Wildman–Crippen LogP) is 1.59. The van der Waals surface area contributed by atoms with Crippen molar-refractivity contribution in [2.24, 2.45) is 0 Å². The number of amides is 3. The zero-order chi connectivity index (χ0) is 14.5. The molecule has 1 fully saturated rings. The van der Waals surface area contributed by atoms with E-state index in [1.165, 1.54) is 0 Å². The van der Waals surface area contributed by atoms with Gasteiger partial charge in [-0.05, 0) is 19.1 Å². The highest BCUT2D eigenvalue weighted by molar-refractivity contribution is 5.96. The summed E-state index contributed by atoms with van der Waals surface area (Å²) in [4.78, 5) is 25.3. The Balaban J connectivity index is 1.95. The third-order valence-corrected chi connectivity index (χ3v) is 3.21. The molecule has 0 saturated carbocycles. The molecule has 0 bridgehead atoms. The van der Waals surface area contributed by atoms with Gasteiger partial charge >= 0.3 is 6.03 Å². The van der Waals surface area contributed by atoms with Crippen molar-refractivity contribution in [2.45, 2.75) is 19.4 Å². The zero-order valence-corrected chi connectivity index (χ0v) is 11.6. The molecule has 5 nitrogen and oxygen atoms in total. The molecule has 1 atom stereocenters. The largest absolute Gasteiger partial charge is 0.335 e. The Morgan fingerprint density at radius 1 is 1.45 bits per heavy atom. The van der Waals surface area contributed by atoms with Gasteiger partial charge in [-0.3, -0.25) is 4.79 Å². The van der Waals surface area contributed by atoms with Gasteiger partial charge in [0.25, 0.3) is 0 Å². The van der Waals surface area contributed by atoms with Gasteiger partial charge in [-0.1, -0.05) is 23.8 Å². The number of rotatable bonds is 4. The number of aryl methyl sites for hydroxylation is 1. The molecule has 5 heteroatoms. The average Bonchev–Trinajstić information content (AvgIpc) is 2.78. The number of nitrogens with one attached hydrogen (secondary N) is 2. The lowest BCUT2D eigenvalue weighted by atomic mass is 10.2. The molecular weight excluding hydrogens is 254 g/mol. The normalized spacial score (nSPS) is 17.9. The summed E-state index contributed by atoms with van der Waals surface area (Å²) in [5.74, 6) is 0.0304. The summed E-state index contributed by atoms with van der Waals surface area (Å²) < 4.78 is 0. The minimum atomic E-state index is -0.270. The molecule has 0 aliphatic carbocycles. The summed E-state index contributed by atoms with van der Waals surface area (Å²) in [6, 6.07) is 7.36. The Morgan fingerprint density at radius 2 is 2.15 bits per heavy atom. The molecule has 20 heavy (non-hydrogen) atoms. The smallest absolute Gasteiger partial charge is 0.315 e. The lowest BCUT2D eigenvalue weighted by Gasteiger charge is -2.17. The Morgan fingerprint density at radius 3 is 2.80 bits per heavy atom. The van der Waals surface area contributed by atoms with Crippen LogP contribution in [0, 0.1) is 6.92 Å². The van der Waals surface area contributed by atoms with Gasteiger partial charge in [-0.2, -0.15) is 0 Å². The molecule has 1 heterocycles. The first kappa shape index (κ1) is 14.1. The molecule has 0 aromatic heterocycles. The van der Waals surface area contributed by atoms with E-state index in [4.69, 9.17) is 0 Å². The molecule has 2 rings (SSSR count). The summed E-state index contributed by atoms with van der Waals surface area (Å²) in [5.41, 5.74) is 2.02. The topological polar surface area (TPSA) is 61.4 Å². The number of benzene rings is 1. The Labute approximate surface area is 118 Å². The Hall–Kier alpha value is -2.30. The predicted molar refractivity (Wildman–Crippen MR) is 78.7 cm³/mol. The maximum atomic E-state index is 12.0. The van der Waals surface area contributed by atoms with Gasteiger partial charge in [-0.25, -0.2) is 4.79 Å². The highest BCUT2D eigenvalue weighted by atomic mass is 16.2. The zero-order valence-electron chi connectivity index (χ0n) is 11.6. The summed E-state index contributed by atoms with van der Waals surface area (Å²) in [7, 11) is 0. The van der Waals surface area contributed by atoms with Gasteiger partial charge in [0, 0.05) is 25.2 Å². The fourth-order valence-electron chi connectivity index (χ4n) is 2.18. The van der Waals surface area contributed by atoms with Crippen LogP contribution in [0.15, 0.2) is 36.9 Å². The molecule has 1 saturated heterocycles. The van der Waals surface area contributed by atoms with Crippen LogP contribution in [-0.2, 0) is 4.79 Å². The fraction of sp³-hybridized carbons (Fsp3) is 0.333. The third kappa shape index (κ3) is 3.38.